The molecule has 0 aliphatic rings. The molecule has 7 heteroatoms. The van der Waals surface area contributed by atoms with Gasteiger partial charge in [0.05, 0.1) is 4.47 Å². The third kappa shape index (κ3) is 2.96. The average Bonchev–Trinajstić information content (AvgIpc) is 2.32. The number of nitrogens with one attached hydrogen (secondary N) is 1. The zero-order valence-electron chi connectivity index (χ0n) is 8.89. The van der Waals surface area contributed by atoms with Gasteiger partial charge < -0.3 is 10.4 Å². The molecule has 0 aliphatic heterocycles. The molecule has 0 unspecified atom stereocenters. The van der Waals surface area contributed by atoms with Gasteiger partial charge in [-0.2, -0.15) is 0 Å². The fourth-order valence-electron chi connectivity index (χ4n) is 1.24. The fourth-order valence-corrected chi connectivity index (χ4v) is 1.64. The second-order valence-corrected chi connectivity index (χ2v) is 4.59. The summed E-state index contributed by atoms with van der Waals surface area (Å²) >= 11 is 8.81. The summed E-state index contributed by atoms with van der Waals surface area (Å²) in [4.78, 5) is 19.4. The van der Waals surface area contributed by atoms with Crippen molar-refractivity contribution >= 4 is 39.3 Å². The van der Waals surface area contributed by atoms with Crippen molar-refractivity contribution in [2.24, 2.45) is 0 Å². The lowest BCUT2D eigenvalue weighted by Gasteiger charge is -2.05. The SMILES string of the molecule is O=C(Nc1cc(Cl)ncn1)c1ccc(Br)c(O)c1. The zero-order chi connectivity index (χ0) is 13.1. The highest BCUT2D eigenvalue weighted by Crippen LogP contribution is 2.24. The van der Waals surface area contributed by atoms with Crippen LogP contribution in [0.4, 0.5) is 5.82 Å². The van der Waals surface area contributed by atoms with E-state index >= 15 is 0 Å². The van der Waals surface area contributed by atoms with Gasteiger partial charge in [0.25, 0.3) is 5.91 Å². The van der Waals surface area contributed by atoms with Gasteiger partial charge in [-0.25, -0.2) is 9.97 Å². The summed E-state index contributed by atoms with van der Waals surface area (Å²) in [5.41, 5.74) is 0.311. The van der Waals surface area contributed by atoms with Gasteiger partial charge >= 0.3 is 0 Å². The maximum atomic E-state index is 11.8. The number of benzene rings is 1. The summed E-state index contributed by atoms with van der Waals surface area (Å²) in [6, 6.07) is 5.93. The van der Waals surface area contributed by atoms with Crippen molar-refractivity contribution in [3.05, 3.63) is 45.8 Å². The van der Waals surface area contributed by atoms with E-state index in [0.29, 0.717) is 15.9 Å². The van der Waals surface area contributed by atoms with Gasteiger partial charge in [-0.05, 0) is 34.1 Å². The van der Waals surface area contributed by atoms with Gasteiger partial charge in [0, 0.05) is 11.6 Å². The number of halogens is 2. The normalized spacial score (nSPS) is 10.1. The number of hydrogen-bond acceptors (Lipinski definition) is 4. The monoisotopic (exact) mass is 327 g/mol. The van der Waals surface area contributed by atoms with Crippen LogP contribution in [0.1, 0.15) is 10.4 Å². The number of aromatic nitrogens is 2. The van der Waals surface area contributed by atoms with Gasteiger partial charge in [0.2, 0.25) is 0 Å². The van der Waals surface area contributed by atoms with Crippen molar-refractivity contribution in [2.75, 3.05) is 5.32 Å². The summed E-state index contributed by atoms with van der Waals surface area (Å²) in [5.74, 6) is -0.113. The molecule has 1 heterocycles. The van der Waals surface area contributed by atoms with Crippen molar-refractivity contribution < 1.29 is 9.90 Å². The van der Waals surface area contributed by atoms with Gasteiger partial charge in [0.15, 0.2) is 0 Å². The van der Waals surface area contributed by atoms with Gasteiger partial charge in [-0.15, -0.1) is 0 Å². The molecule has 0 saturated heterocycles. The maximum Gasteiger partial charge on any atom is 0.256 e. The molecule has 92 valence electrons. The molecule has 0 saturated carbocycles. The molecule has 2 N–H and O–H groups in total. The first-order valence-electron chi connectivity index (χ1n) is 4.83. The van der Waals surface area contributed by atoms with Crippen LogP contribution in [0.5, 0.6) is 5.75 Å². The van der Waals surface area contributed by atoms with Crippen molar-refractivity contribution in [3.63, 3.8) is 0 Å². The maximum absolute atomic E-state index is 11.8. The number of rotatable bonds is 2. The number of phenolic OH excluding ortho intramolecular Hbond substituents is 1. The molecule has 5 nitrogen and oxygen atoms in total. The molecule has 1 aromatic heterocycles. The first-order chi connectivity index (χ1) is 8.56. The third-order valence-corrected chi connectivity index (χ3v) is 2.96. The van der Waals surface area contributed by atoms with Crippen molar-refractivity contribution in [3.8, 4) is 5.75 Å². The second-order valence-electron chi connectivity index (χ2n) is 3.35. The van der Waals surface area contributed by atoms with Crippen LogP contribution in [0.15, 0.2) is 35.1 Å². The van der Waals surface area contributed by atoms with E-state index in [4.69, 9.17) is 11.6 Å². The first-order valence-corrected chi connectivity index (χ1v) is 6.01. The van der Waals surface area contributed by atoms with E-state index in [0.717, 1.165) is 0 Å². The van der Waals surface area contributed by atoms with E-state index in [1.54, 1.807) is 12.1 Å². The van der Waals surface area contributed by atoms with Crippen LogP contribution in [-0.4, -0.2) is 21.0 Å². The summed E-state index contributed by atoms with van der Waals surface area (Å²) in [6.07, 6.45) is 1.25. The van der Waals surface area contributed by atoms with E-state index in [9.17, 15) is 9.90 Å². The Morgan fingerprint density at radius 3 is 2.78 bits per heavy atom. The van der Waals surface area contributed by atoms with E-state index in [2.05, 4.69) is 31.2 Å². The molecular formula is C11H7BrClN3O2. The Kier molecular flexibility index (Phi) is 3.78. The third-order valence-electron chi connectivity index (χ3n) is 2.08. The van der Waals surface area contributed by atoms with E-state index in [1.807, 2.05) is 0 Å². The molecule has 1 amide bonds. The summed E-state index contributed by atoms with van der Waals surface area (Å²) < 4.78 is 0.518. The quantitative estimate of drug-likeness (QED) is 0.831. The molecule has 1 aromatic carbocycles. The zero-order valence-corrected chi connectivity index (χ0v) is 11.2. The predicted molar refractivity (Wildman–Crippen MR) is 70.8 cm³/mol. The van der Waals surface area contributed by atoms with Crippen LogP contribution in [0.25, 0.3) is 0 Å². The molecule has 0 bridgehead atoms. The van der Waals surface area contributed by atoms with E-state index < -0.39 is 5.91 Å². The van der Waals surface area contributed by atoms with Crippen LogP contribution in [-0.2, 0) is 0 Å². The first kappa shape index (κ1) is 12.8. The molecule has 0 radical (unpaired) electrons. The smallest absolute Gasteiger partial charge is 0.256 e. The van der Waals surface area contributed by atoms with Gasteiger partial charge in [0.1, 0.15) is 23.0 Å². The van der Waals surface area contributed by atoms with E-state index in [1.165, 1.54) is 18.5 Å². The minimum absolute atomic E-state index is 0.0108. The molecule has 2 rings (SSSR count). The summed E-state index contributed by atoms with van der Waals surface area (Å²) in [6.45, 7) is 0. The lowest BCUT2D eigenvalue weighted by molar-refractivity contribution is 0.102. The average molecular weight is 329 g/mol. The van der Waals surface area contributed by atoms with Gasteiger partial charge in [-0.1, -0.05) is 11.6 Å². The van der Waals surface area contributed by atoms with Gasteiger partial charge in [-0.3, -0.25) is 4.79 Å². The second kappa shape index (κ2) is 5.32. The Bertz CT molecular complexity index is 607. The van der Waals surface area contributed by atoms with Crippen LogP contribution >= 0.6 is 27.5 Å². The minimum atomic E-state index is -0.396. The number of carbonyl (C=O) groups excluding carboxylic acids is 1. The van der Waals surface area contributed by atoms with Crippen LogP contribution in [0.3, 0.4) is 0 Å². The van der Waals surface area contributed by atoms with Crippen LogP contribution in [0.2, 0.25) is 5.15 Å². The Morgan fingerprint density at radius 2 is 2.11 bits per heavy atom. The van der Waals surface area contributed by atoms with Crippen LogP contribution < -0.4 is 5.32 Å². The lowest BCUT2D eigenvalue weighted by atomic mass is 10.2. The number of carbonyl (C=O) groups is 1. The Labute approximate surface area is 116 Å². The molecule has 2 aromatic rings. The largest absolute Gasteiger partial charge is 0.507 e. The number of phenols is 1. The molecule has 0 atom stereocenters. The van der Waals surface area contributed by atoms with Crippen molar-refractivity contribution in [1.29, 1.82) is 0 Å². The number of hydrogen-bond donors (Lipinski definition) is 2. The summed E-state index contributed by atoms with van der Waals surface area (Å²) in [5, 5.41) is 12.3. The molecule has 18 heavy (non-hydrogen) atoms. The number of aromatic hydroxyl groups is 1. The molecule has 0 aliphatic carbocycles. The molecular weight excluding hydrogens is 321 g/mol. The minimum Gasteiger partial charge on any atom is -0.507 e. The standard InChI is InChI=1S/C11H7BrClN3O2/c12-7-2-1-6(3-8(7)17)11(18)16-10-4-9(13)14-5-15-10/h1-5,17H,(H,14,15,16,18). The Balaban J connectivity index is 2.19. The molecule has 0 fully saturated rings. The Morgan fingerprint density at radius 1 is 1.33 bits per heavy atom. The molecule has 0 spiro atoms. The Hall–Kier alpha value is -1.66. The summed E-state index contributed by atoms with van der Waals surface area (Å²) in [7, 11) is 0. The van der Waals surface area contributed by atoms with Crippen molar-refractivity contribution in [1.82, 2.24) is 9.97 Å². The fraction of sp³-hybridized carbons (Fsp3) is 0. The highest BCUT2D eigenvalue weighted by Gasteiger charge is 2.09. The number of amides is 1. The van der Waals surface area contributed by atoms with Crippen LogP contribution in [0, 0.1) is 0 Å². The topological polar surface area (TPSA) is 75.1 Å². The number of nitrogens with zero attached hydrogens (tertiary/aromatic N) is 2. The van der Waals surface area contributed by atoms with E-state index in [-0.39, 0.29) is 10.9 Å². The highest BCUT2D eigenvalue weighted by atomic mass is 79.9. The highest BCUT2D eigenvalue weighted by molar-refractivity contribution is 9.10. The van der Waals surface area contributed by atoms with Crippen molar-refractivity contribution in [2.45, 2.75) is 0 Å². The lowest BCUT2D eigenvalue weighted by Crippen LogP contribution is -2.12. The predicted octanol–water partition coefficient (Wildman–Crippen LogP) is 2.85. The number of anilines is 1.